The molecule has 1 unspecified atom stereocenters. The molecule has 2 fully saturated rings. The maximum atomic E-state index is 13.4. The molecule has 0 saturated carbocycles. The van der Waals surface area contributed by atoms with Crippen LogP contribution in [-0.4, -0.2) is 48.7 Å². The molecule has 2 aliphatic heterocycles. The predicted molar refractivity (Wildman–Crippen MR) is 122 cm³/mol. The summed E-state index contributed by atoms with van der Waals surface area (Å²) in [6, 6.07) is 13.2. The van der Waals surface area contributed by atoms with Crippen molar-refractivity contribution in [1.82, 2.24) is 4.90 Å². The molecule has 0 radical (unpaired) electrons. The first kappa shape index (κ1) is 24.1. The molecule has 2 aliphatic rings. The minimum atomic E-state index is -4.61. The Balaban J connectivity index is 1.47. The predicted octanol–water partition coefficient (Wildman–Crippen LogP) is 4.17. The minimum Gasteiger partial charge on any atom is -0.396 e. The van der Waals surface area contributed by atoms with Crippen molar-refractivity contribution >= 4 is 11.6 Å². The number of amides is 1. The van der Waals surface area contributed by atoms with E-state index in [2.05, 4.69) is 0 Å². The van der Waals surface area contributed by atoms with Crippen LogP contribution in [0, 0.1) is 29.6 Å². The number of piperidine rings is 1. The Morgan fingerprint density at radius 3 is 2.53 bits per heavy atom. The van der Waals surface area contributed by atoms with Crippen molar-refractivity contribution in [3.8, 4) is 6.07 Å². The Labute approximate surface area is 197 Å². The number of hydrogen-bond donors (Lipinski definition) is 1. The zero-order chi connectivity index (χ0) is 24.5. The lowest BCUT2D eigenvalue weighted by molar-refractivity contribution is -0.137. The molecule has 2 saturated heterocycles. The molecule has 8 heteroatoms. The number of nitrogens with zero attached hydrogens (tertiary/aromatic N) is 3. The van der Waals surface area contributed by atoms with Crippen molar-refractivity contribution in [3.05, 3.63) is 64.7 Å². The fraction of sp³-hybridized carbons (Fsp3) is 0.462. The van der Waals surface area contributed by atoms with Crippen LogP contribution >= 0.6 is 0 Å². The number of rotatable bonds is 4. The summed E-state index contributed by atoms with van der Waals surface area (Å²) in [7, 11) is 0. The molecule has 0 bridgehead atoms. The maximum absolute atomic E-state index is 13.4. The number of aliphatic hydroxyl groups is 1. The second kappa shape index (κ2) is 9.30. The summed E-state index contributed by atoms with van der Waals surface area (Å²) in [4.78, 5) is 16.6. The largest absolute Gasteiger partial charge is 0.417 e. The van der Waals surface area contributed by atoms with Crippen LogP contribution in [0.5, 0.6) is 0 Å². The molecule has 4 rings (SSSR count). The Morgan fingerprint density at radius 1 is 1.21 bits per heavy atom. The van der Waals surface area contributed by atoms with E-state index >= 15 is 0 Å². The number of benzene rings is 2. The number of carbonyl (C=O) groups excluding carboxylic acids is 1. The molecule has 0 aliphatic carbocycles. The average molecular weight is 472 g/mol. The van der Waals surface area contributed by atoms with E-state index < -0.39 is 17.3 Å². The van der Waals surface area contributed by atoms with Gasteiger partial charge in [0.15, 0.2) is 0 Å². The van der Waals surface area contributed by atoms with Crippen LogP contribution in [0.1, 0.15) is 35.1 Å². The number of hydrogen-bond acceptors (Lipinski definition) is 4. The normalized spacial score (nSPS) is 19.9. The minimum absolute atomic E-state index is 0.0595. The van der Waals surface area contributed by atoms with Crippen LogP contribution in [0.2, 0.25) is 0 Å². The third-order valence-electron chi connectivity index (χ3n) is 7.54. The molecule has 2 heterocycles. The Hall–Kier alpha value is -3.05. The molecular formula is C26H28F3N3O2. The molecular weight excluding hydrogens is 443 g/mol. The van der Waals surface area contributed by atoms with Gasteiger partial charge in [0.2, 0.25) is 5.91 Å². The first-order valence-corrected chi connectivity index (χ1v) is 11.5. The van der Waals surface area contributed by atoms with E-state index in [0.717, 1.165) is 17.2 Å². The van der Waals surface area contributed by atoms with E-state index in [1.165, 1.54) is 6.07 Å². The first-order chi connectivity index (χ1) is 16.2. The van der Waals surface area contributed by atoms with Crippen molar-refractivity contribution in [2.75, 3.05) is 37.7 Å². The highest BCUT2D eigenvalue weighted by atomic mass is 19.4. The summed E-state index contributed by atoms with van der Waals surface area (Å²) < 4.78 is 40.3. The fourth-order valence-corrected chi connectivity index (χ4v) is 5.39. The van der Waals surface area contributed by atoms with Crippen LogP contribution in [0.15, 0.2) is 42.5 Å². The second-order valence-corrected chi connectivity index (χ2v) is 9.45. The lowest BCUT2D eigenvalue weighted by atomic mass is 9.71. The fourth-order valence-electron chi connectivity index (χ4n) is 5.39. The molecule has 0 aromatic heterocycles. The third kappa shape index (κ3) is 4.62. The lowest BCUT2D eigenvalue weighted by Crippen LogP contribution is -2.47. The number of aliphatic hydroxyl groups excluding tert-OH is 1. The van der Waals surface area contributed by atoms with Gasteiger partial charge in [-0.2, -0.15) is 18.4 Å². The number of nitriles is 1. The van der Waals surface area contributed by atoms with Gasteiger partial charge >= 0.3 is 6.18 Å². The van der Waals surface area contributed by atoms with E-state index in [1.54, 1.807) is 12.1 Å². The standard InChI is InChI=1S/C26H28F3N3O2/c1-18-4-2-3-5-19(18)12-24(34)31-10-8-25(9-11-31)17-32(15-21(25)16-33)22-7-6-20(14-30)23(13-22)26(27,28)29/h2-7,13,21,33H,8-12,15-17H2,1H3. The van der Waals surface area contributed by atoms with Crippen molar-refractivity contribution in [2.24, 2.45) is 11.3 Å². The maximum Gasteiger partial charge on any atom is 0.417 e. The second-order valence-electron chi connectivity index (χ2n) is 9.45. The number of anilines is 1. The summed E-state index contributed by atoms with van der Waals surface area (Å²) in [6.45, 7) is 4.01. The number of likely N-dealkylation sites (tertiary alicyclic amines) is 1. The third-order valence-corrected chi connectivity index (χ3v) is 7.54. The van der Waals surface area contributed by atoms with E-state index in [-0.39, 0.29) is 23.8 Å². The Bertz CT molecular complexity index is 1100. The lowest BCUT2D eigenvalue weighted by Gasteiger charge is -2.42. The number of carbonyl (C=O) groups is 1. The molecule has 1 spiro atoms. The topological polar surface area (TPSA) is 67.6 Å². The average Bonchev–Trinajstić information content (AvgIpc) is 3.17. The van der Waals surface area contributed by atoms with Crippen molar-refractivity contribution < 1.29 is 23.1 Å². The van der Waals surface area contributed by atoms with E-state index in [1.807, 2.05) is 41.0 Å². The summed E-state index contributed by atoms with van der Waals surface area (Å²) in [5.41, 5.74) is 0.890. The molecule has 5 nitrogen and oxygen atoms in total. The van der Waals surface area contributed by atoms with E-state index in [0.29, 0.717) is 51.1 Å². The van der Waals surface area contributed by atoms with Gasteiger partial charge in [-0.3, -0.25) is 4.79 Å². The monoisotopic (exact) mass is 471 g/mol. The molecule has 180 valence electrons. The number of alkyl halides is 3. The zero-order valence-corrected chi connectivity index (χ0v) is 19.1. The van der Waals surface area contributed by atoms with Gasteiger partial charge in [-0.1, -0.05) is 24.3 Å². The highest BCUT2D eigenvalue weighted by Crippen LogP contribution is 2.46. The SMILES string of the molecule is Cc1ccccc1CC(=O)N1CCC2(CC1)CN(c1ccc(C#N)c(C(F)(F)F)c1)CC2CO. The summed E-state index contributed by atoms with van der Waals surface area (Å²) >= 11 is 0. The van der Waals surface area contributed by atoms with Gasteiger partial charge < -0.3 is 14.9 Å². The quantitative estimate of drug-likeness (QED) is 0.727. The Kier molecular flexibility index (Phi) is 6.59. The number of halogens is 3. The van der Waals surface area contributed by atoms with Gasteiger partial charge in [0.25, 0.3) is 0 Å². The van der Waals surface area contributed by atoms with Crippen LogP contribution in [0.3, 0.4) is 0 Å². The molecule has 1 amide bonds. The summed E-state index contributed by atoms with van der Waals surface area (Å²) in [5, 5.41) is 19.2. The van der Waals surface area contributed by atoms with Crippen LogP contribution in [-0.2, 0) is 17.4 Å². The van der Waals surface area contributed by atoms with E-state index in [4.69, 9.17) is 5.26 Å². The van der Waals surface area contributed by atoms with Crippen LogP contribution in [0.25, 0.3) is 0 Å². The highest BCUT2D eigenvalue weighted by Gasteiger charge is 2.48. The Morgan fingerprint density at radius 2 is 1.91 bits per heavy atom. The van der Waals surface area contributed by atoms with Gasteiger partial charge in [0, 0.05) is 44.4 Å². The van der Waals surface area contributed by atoms with Crippen molar-refractivity contribution in [2.45, 2.75) is 32.4 Å². The van der Waals surface area contributed by atoms with Gasteiger partial charge in [0.1, 0.15) is 0 Å². The van der Waals surface area contributed by atoms with Crippen molar-refractivity contribution in [1.29, 1.82) is 5.26 Å². The highest BCUT2D eigenvalue weighted by molar-refractivity contribution is 5.79. The molecule has 34 heavy (non-hydrogen) atoms. The van der Waals surface area contributed by atoms with Gasteiger partial charge in [0.05, 0.1) is 23.6 Å². The van der Waals surface area contributed by atoms with E-state index in [9.17, 15) is 23.1 Å². The smallest absolute Gasteiger partial charge is 0.396 e. The molecule has 2 aromatic carbocycles. The first-order valence-electron chi connectivity index (χ1n) is 11.5. The summed E-state index contributed by atoms with van der Waals surface area (Å²) in [5.74, 6) is -0.0208. The molecule has 1 N–H and O–H groups in total. The van der Waals surface area contributed by atoms with Gasteiger partial charge in [-0.25, -0.2) is 0 Å². The zero-order valence-electron chi connectivity index (χ0n) is 19.1. The van der Waals surface area contributed by atoms with Gasteiger partial charge in [-0.05, 0) is 54.5 Å². The molecule has 2 aromatic rings. The van der Waals surface area contributed by atoms with Crippen molar-refractivity contribution in [3.63, 3.8) is 0 Å². The van der Waals surface area contributed by atoms with Crippen LogP contribution in [0.4, 0.5) is 18.9 Å². The summed E-state index contributed by atoms with van der Waals surface area (Å²) in [6.07, 6.45) is -2.88. The van der Waals surface area contributed by atoms with Gasteiger partial charge in [-0.15, -0.1) is 0 Å². The van der Waals surface area contributed by atoms with Crippen LogP contribution < -0.4 is 4.90 Å². The molecule has 1 atom stereocenters. The number of aryl methyl sites for hydroxylation is 1.